The summed E-state index contributed by atoms with van der Waals surface area (Å²) in [6.45, 7) is 3.98. The predicted octanol–water partition coefficient (Wildman–Crippen LogP) is 1.96. The predicted molar refractivity (Wildman–Crippen MR) is 75.7 cm³/mol. The molecule has 6 heteroatoms. The molecule has 0 spiro atoms. The van der Waals surface area contributed by atoms with Crippen LogP contribution >= 0.6 is 0 Å². The van der Waals surface area contributed by atoms with E-state index in [0.717, 1.165) is 18.7 Å². The van der Waals surface area contributed by atoms with Crippen molar-refractivity contribution in [2.24, 2.45) is 0 Å². The summed E-state index contributed by atoms with van der Waals surface area (Å²) in [5, 5.41) is -0.479. The Morgan fingerprint density at radius 2 is 1.84 bits per heavy atom. The van der Waals surface area contributed by atoms with Crippen LogP contribution in [0, 0.1) is 0 Å². The van der Waals surface area contributed by atoms with Gasteiger partial charge in [0.25, 0.3) is 0 Å². The molecule has 1 fully saturated rings. The molecule has 0 radical (unpaired) electrons. The first-order chi connectivity index (χ1) is 8.90. The lowest BCUT2D eigenvalue weighted by atomic mass is 10.2. The topological polar surface area (TPSA) is 66.5 Å². The van der Waals surface area contributed by atoms with Crippen molar-refractivity contribution >= 4 is 27.3 Å². The van der Waals surface area contributed by atoms with Gasteiger partial charge in [0, 0.05) is 24.3 Å². The molecule has 0 atom stereocenters. The highest BCUT2D eigenvalue weighted by Crippen LogP contribution is 2.23. The van der Waals surface area contributed by atoms with Gasteiger partial charge in [-0.2, -0.15) is 0 Å². The van der Waals surface area contributed by atoms with Crippen LogP contribution in [0.2, 0.25) is 0 Å². The molecule has 2 rings (SSSR count). The fourth-order valence-electron chi connectivity index (χ4n) is 1.91. The van der Waals surface area contributed by atoms with Gasteiger partial charge in [-0.3, -0.25) is 9.52 Å². The maximum absolute atomic E-state index is 11.7. The van der Waals surface area contributed by atoms with E-state index < -0.39 is 15.3 Å². The summed E-state index contributed by atoms with van der Waals surface area (Å²) in [4.78, 5) is 13.3. The zero-order valence-electron chi connectivity index (χ0n) is 11.1. The van der Waals surface area contributed by atoms with Gasteiger partial charge < -0.3 is 4.90 Å². The molecular weight excluding hydrogens is 264 g/mol. The van der Waals surface area contributed by atoms with E-state index in [2.05, 4.69) is 4.72 Å². The third-order valence-electron chi connectivity index (χ3n) is 3.13. The van der Waals surface area contributed by atoms with Gasteiger partial charge in [-0.05, 0) is 44.5 Å². The van der Waals surface area contributed by atoms with E-state index in [-0.39, 0.29) is 5.91 Å². The summed E-state index contributed by atoms with van der Waals surface area (Å²) in [7, 11) is -3.32. The molecule has 1 N–H and O–H groups in total. The van der Waals surface area contributed by atoms with Crippen LogP contribution in [0.5, 0.6) is 0 Å². The molecule has 5 nitrogen and oxygen atoms in total. The molecule has 1 amide bonds. The molecule has 1 heterocycles. The number of nitrogens with one attached hydrogen (secondary N) is 1. The second-order valence-corrected chi connectivity index (χ2v) is 7.13. The lowest BCUT2D eigenvalue weighted by Gasteiger charge is -2.16. The molecular formula is C13H18N2O3S. The van der Waals surface area contributed by atoms with Crippen molar-refractivity contribution in [1.82, 2.24) is 0 Å². The standard InChI is InChI=1S/C13H18N2O3S/c1-10(2)19(17,18)14-11-5-7-12(8-6-11)15-9-3-4-13(15)16/h5-8,10,14H,3-4,9H2,1-2H3. The van der Waals surface area contributed by atoms with Crippen LogP contribution in [0.4, 0.5) is 11.4 Å². The maximum atomic E-state index is 11.7. The Balaban J connectivity index is 2.13. The molecule has 1 aliphatic heterocycles. The highest BCUT2D eigenvalue weighted by atomic mass is 32.2. The van der Waals surface area contributed by atoms with Crippen molar-refractivity contribution in [2.45, 2.75) is 31.9 Å². The van der Waals surface area contributed by atoms with Gasteiger partial charge in [-0.15, -0.1) is 0 Å². The van der Waals surface area contributed by atoms with Gasteiger partial charge in [0.15, 0.2) is 0 Å². The molecule has 0 unspecified atom stereocenters. The summed E-state index contributed by atoms with van der Waals surface area (Å²) in [6, 6.07) is 6.89. The lowest BCUT2D eigenvalue weighted by Crippen LogP contribution is -2.24. The van der Waals surface area contributed by atoms with Crippen LogP contribution in [0.15, 0.2) is 24.3 Å². The SMILES string of the molecule is CC(C)S(=O)(=O)Nc1ccc(N2CCCC2=O)cc1. The normalized spacial score (nSPS) is 16.2. The van der Waals surface area contributed by atoms with Crippen molar-refractivity contribution in [2.75, 3.05) is 16.2 Å². The number of hydrogen-bond acceptors (Lipinski definition) is 3. The monoisotopic (exact) mass is 282 g/mol. The summed E-state index contributed by atoms with van der Waals surface area (Å²) in [5.41, 5.74) is 1.33. The van der Waals surface area contributed by atoms with Crippen LogP contribution in [0.25, 0.3) is 0 Å². The Kier molecular flexibility index (Phi) is 3.80. The maximum Gasteiger partial charge on any atom is 0.235 e. The molecule has 19 heavy (non-hydrogen) atoms. The van der Waals surface area contributed by atoms with Gasteiger partial charge in [0.1, 0.15) is 0 Å². The highest BCUT2D eigenvalue weighted by Gasteiger charge is 2.21. The third-order valence-corrected chi connectivity index (χ3v) is 4.89. The van der Waals surface area contributed by atoms with Crippen molar-refractivity contribution in [1.29, 1.82) is 0 Å². The molecule has 1 aromatic carbocycles. The fourth-order valence-corrected chi connectivity index (χ4v) is 2.61. The number of carbonyl (C=O) groups excluding carboxylic acids is 1. The van der Waals surface area contributed by atoms with Gasteiger partial charge in [-0.25, -0.2) is 8.42 Å². The minimum Gasteiger partial charge on any atom is -0.312 e. The van der Waals surface area contributed by atoms with Crippen LogP contribution in [0.1, 0.15) is 26.7 Å². The zero-order valence-corrected chi connectivity index (χ0v) is 11.9. The number of carbonyl (C=O) groups is 1. The van der Waals surface area contributed by atoms with E-state index in [4.69, 9.17) is 0 Å². The van der Waals surface area contributed by atoms with Gasteiger partial charge in [-0.1, -0.05) is 0 Å². The zero-order chi connectivity index (χ0) is 14.0. The van der Waals surface area contributed by atoms with E-state index in [1.165, 1.54) is 0 Å². The highest BCUT2D eigenvalue weighted by molar-refractivity contribution is 7.93. The average Bonchev–Trinajstić information content (AvgIpc) is 2.76. The average molecular weight is 282 g/mol. The Morgan fingerprint density at radius 1 is 1.21 bits per heavy atom. The number of amides is 1. The van der Waals surface area contributed by atoms with Gasteiger partial charge in [0.2, 0.25) is 15.9 Å². The van der Waals surface area contributed by atoms with Crippen molar-refractivity contribution < 1.29 is 13.2 Å². The molecule has 1 aromatic rings. The first-order valence-electron chi connectivity index (χ1n) is 6.32. The van der Waals surface area contributed by atoms with Gasteiger partial charge in [0.05, 0.1) is 5.25 Å². The molecule has 104 valence electrons. The second kappa shape index (κ2) is 5.21. The molecule has 0 aromatic heterocycles. The molecule has 1 aliphatic rings. The first-order valence-corrected chi connectivity index (χ1v) is 7.87. The second-order valence-electron chi connectivity index (χ2n) is 4.89. The minimum absolute atomic E-state index is 0.121. The number of rotatable bonds is 4. The molecule has 1 saturated heterocycles. The minimum atomic E-state index is -3.32. The third kappa shape index (κ3) is 3.07. The van der Waals surface area contributed by atoms with Crippen LogP contribution in [0.3, 0.4) is 0 Å². The Bertz CT molecular complexity index is 564. The van der Waals surface area contributed by atoms with Crippen LogP contribution in [-0.4, -0.2) is 26.1 Å². The largest absolute Gasteiger partial charge is 0.312 e. The van der Waals surface area contributed by atoms with Crippen molar-refractivity contribution in [3.63, 3.8) is 0 Å². The van der Waals surface area contributed by atoms with E-state index in [1.807, 2.05) is 0 Å². The smallest absolute Gasteiger partial charge is 0.235 e. The molecule has 0 bridgehead atoms. The Hall–Kier alpha value is -1.56. The summed E-state index contributed by atoms with van der Waals surface area (Å²) in [5.74, 6) is 0.121. The van der Waals surface area contributed by atoms with Crippen molar-refractivity contribution in [3.05, 3.63) is 24.3 Å². The first kappa shape index (κ1) is 13.9. The Labute approximate surface area is 113 Å². The quantitative estimate of drug-likeness (QED) is 0.918. The van der Waals surface area contributed by atoms with Crippen LogP contribution < -0.4 is 9.62 Å². The van der Waals surface area contributed by atoms with Crippen LogP contribution in [-0.2, 0) is 14.8 Å². The van der Waals surface area contributed by atoms with E-state index in [0.29, 0.717) is 12.1 Å². The van der Waals surface area contributed by atoms with E-state index >= 15 is 0 Å². The molecule has 0 aliphatic carbocycles. The number of hydrogen-bond donors (Lipinski definition) is 1. The van der Waals surface area contributed by atoms with Gasteiger partial charge >= 0.3 is 0 Å². The Morgan fingerprint density at radius 3 is 2.32 bits per heavy atom. The molecule has 0 saturated carbocycles. The van der Waals surface area contributed by atoms with E-state index in [9.17, 15) is 13.2 Å². The number of sulfonamides is 1. The number of nitrogens with zero attached hydrogens (tertiary/aromatic N) is 1. The number of anilines is 2. The fraction of sp³-hybridized carbons (Fsp3) is 0.462. The van der Waals surface area contributed by atoms with E-state index in [1.54, 1.807) is 43.0 Å². The number of benzene rings is 1. The summed E-state index contributed by atoms with van der Waals surface area (Å²) in [6.07, 6.45) is 1.46. The lowest BCUT2D eigenvalue weighted by molar-refractivity contribution is -0.117. The van der Waals surface area contributed by atoms with Crippen molar-refractivity contribution in [3.8, 4) is 0 Å². The summed E-state index contributed by atoms with van der Waals surface area (Å²) < 4.78 is 26.0. The summed E-state index contributed by atoms with van der Waals surface area (Å²) >= 11 is 0.